The smallest absolute Gasteiger partial charge is 0.0409 e. The third kappa shape index (κ3) is 3.13. The van der Waals surface area contributed by atoms with Gasteiger partial charge >= 0.3 is 0 Å². The maximum absolute atomic E-state index is 6.16. The van der Waals surface area contributed by atoms with Gasteiger partial charge in [0.2, 0.25) is 0 Å². The van der Waals surface area contributed by atoms with Gasteiger partial charge in [-0.1, -0.05) is 31.5 Å². The highest BCUT2D eigenvalue weighted by molar-refractivity contribution is 6.30. The molecule has 2 atom stereocenters. The van der Waals surface area contributed by atoms with E-state index in [9.17, 15) is 0 Å². The molecular weight excluding hydrogens is 256 g/mol. The van der Waals surface area contributed by atoms with Crippen LogP contribution in [0.1, 0.15) is 37.9 Å². The number of nitrogens with one attached hydrogen (secondary N) is 1. The molecule has 2 unspecified atom stereocenters. The summed E-state index contributed by atoms with van der Waals surface area (Å²) in [5.41, 5.74) is 3.06. The van der Waals surface area contributed by atoms with Crippen LogP contribution >= 0.6 is 11.6 Å². The van der Waals surface area contributed by atoms with Gasteiger partial charge in [-0.25, -0.2) is 0 Å². The molecule has 1 aliphatic carbocycles. The first-order valence-corrected chi connectivity index (χ1v) is 7.37. The van der Waals surface area contributed by atoms with E-state index in [1.54, 1.807) is 0 Å². The van der Waals surface area contributed by atoms with E-state index in [1.807, 2.05) is 6.07 Å². The molecule has 19 heavy (non-hydrogen) atoms. The highest BCUT2D eigenvalue weighted by Crippen LogP contribution is 2.45. The SMILES string of the molecule is CC(CNC1c2cc(Cl)ccc2CC1(C)C)N(C)C. The quantitative estimate of drug-likeness (QED) is 0.908. The number of halogens is 1. The Balaban J connectivity index is 2.17. The van der Waals surface area contributed by atoms with Crippen molar-refractivity contribution in [3.05, 3.63) is 34.3 Å². The van der Waals surface area contributed by atoms with Crippen LogP contribution in [0.3, 0.4) is 0 Å². The van der Waals surface area contributed by atoms with Crippen molar-refractivity contribution in [3.8, 4) is 0 Å². The second-order valence-corrected chi connectivity index (χ2v) is 7.10. The Kier molecular flexibility index (Phi) is 4.24. The molecule has 0 bridgehead atoms. The summed E-state index contributed by atoms with van der Waals surface area (Å²) in [6.45, 7) is 7.90. The Morgan fingerprint density at radius 1 is 1.42 bits per heavy atom. The lowest BCUT2D eigenvalue weighted by Gasteiger charge is -2.31. The number of rotatable bonds is 4. The van der Waals surface area contributed by atoms with Crippen molar-refractivity contribution in [2.24, 2.45) is 5.41 Å². The molecule has 1 aromatic carbocycles. The first kappa shape index (κ1) is 14.8. The number of benzene rings is 1. The van der Waals surface area contributed by atoms with Crippen LogP contribution in [0.5, 0.6) is 0 Å². The number of hydrogen-bond acceptors (Lipinski definition) is 2. The fraction of sp³-hybridized carbons (Fsp3) is 0.625. The summed E-state index contributed by atoms with van der Waals surface area (Å²) in [5.74, 6) is 0. The lowest BCUT2D eigenvalue weighted by atomic mass is 9.85. The molecule has 0 saturated heterocycles. The monoisotopic (exact) mass is 280 g/mol. The average molecular weight is 281 g/mol. The average Bonchev–Trinajstić information content (AvgIpc) is 2.56. The van der Waals surface area contributed by atoms with E-state index in [1.165, 1.54) is 11.1 Å². The topological polar surface area (TPSA) is 15.3 Å². The molecule has 0 spiro atoms. The normalized spacial score (nSPS) is 22.6. The van der Waals surface area contributed by atoms with Crippen molar-refractivity contribution in [3.63, 3.8) is 0 Å². The third-order valence-electron chi connectivity index (χ3n) is 4.35. The van der Waals surface area contributed by atoms with Crippen LogP contribution in [0.4, 0.5) is 0 Å². The molecule has 1 aliphatic rings. The fourth-order valence-electron chi connectivity index (χ4n) is 2.87. The Labute approximate surface area is 122 Å². The molecular formula is C16H25ClN2. The van der Waals surface area contributed by atoms with E-state index in [0.29, 0.717) is 12.1 Å². The van der Waals surface area contributed by atoms with E-state index in [4.69, 9.17) is 11.6 Å². The molecule has 2 nitrogen and oxygen atoms in total. The highest BCUT2D eigenvalue weighted by atomic mass is 35.5. The first-order chi connectivity index (χ1) is 8.81. The Bertz CT molecular complexity index is 454. The molecule has 0 aliphatic heterocycles. The van der Waals surface area contributed by atoms with Gasteiger partial charge in [-0.2, -0.15) is 0 Å². The molecule has 3 heteroatoms. The van der Waals surface area contributed by atoms with Crippen LogP contribution < -0.4 is 5.32 Å². The summed E-state index contributed by atoms with van der Waals surface area (Å²) in [4.78, 5) is 2.24. The first-order valence-electron chi connectivity index (χ1n) is 6.99. The predicted molar refractivity (Wildman–Crippen MR) is 82.8 cm³/mol. The maximum Gasteiger partial charge on any atom is 0.0409 e. The van der Waals surface area contributed by atoms with E-state index in [0.717, 1.165) is 18.0 Å². The van der Waals surface area contributed by atoms with Gasteiger partial charge in [-0.3, -0.25) is 0 Å². The molecule has 106 valence electrons. The van der Waals surface area contributed by atoms with Gasteiger partial charge in [0.05, 0.1) is 0 Å². The summed E-state index contributed by atoms with van der Waals surface area (Å²) in [7, 11) is 4.24. The van der Waals surface area contributed by atoms with E-state index < -0.39 is 0 Å². The van der Waals surface area contributed by atoms with E-state index in [-0.39, 0.29) is 5.41 Å². The van der Waals surface area contributed by atoms with Gasteiger partial charge in [-0.15, -0.1) is 0 Å². The standard InChI is InChI=1S/C16H25ClN2/c1-11(19(4)5)10-18-15-14-8-13(17)7-6-12(14)9-16(15,2)3/h6-8,11,15,18H,9-10H2,1-5H3. The largest absolute Gasteiger partial charge is 0.308 e. The molecule has 0 fully saturated rings. The van der Waals surface area contributed by atoms with Crippen LogP contribution in [-0.2, 0) is 6.42 Å². The second kappa shape index (κ2) is 5.43. The number of hydrogen-bond donors (Lipinski definition) is 1. The number of fused-ring (bicyclic) bond motifs is 1. The summed E-state index contributed by atoms with van der Waals surface area (Å²) >= 11 is 6.16. The highest BCUT2D eigenvalue weighted by Gasteiger charge is 2.38. The van der Waals surface area contributed by atoms with Crippen molar-refractivity contribution in [1.29, 1.82) is 0 Å². The Hall–Kier alpha value is -0.570. The van der Waals surface area contributed by atoms with Crippen LogP contribution in [0.25, 0.3) is 0 Å². The fourth-order valence-corrected chi connectivity index (χ4v) is 3.05. The molecule has 1 N–H and O–H groups in total. The van der Waals surface area contributed by atoms with E-state index in [2.05, 4.69) is 57.2 Å². The maximum atomic E-state index is 6.16. The molecule has 2 rings (SSSR count). The van der Waals surface area contributed by atoms with Gasteiger partial charge in [0.25, 0.3) is 0 Å². The van der Waals surface area contributed by atoms with Crippen LogP contribution in [0, 0.1) is 5.41 Å². The van der Waals surface area contributed by atoms with E-state index >= 15 is 0 Å². The van der Waals surface area contributed by atoms with Gasteiger partial charge < -0.3 is 10.2 Å². The van der Waals surface area contributed by atoms with Gasteiger partial charge in [0.1, 0.15) is 0 Å². The zero-order chi connectivity index (χ0) is 14.2. The van der Waals surface area contributed by atoms with Crippen molar-refractivity contribution in [2.45, 2.75) is 39.3 Å². The zero-order valence-corrected chi connectivity index (χ0v) is 13.4. The molecule has 0 aromatic heterocycles. The van der Waals surface area contributed by atoms with Gasteiger partial charge in [0, 0.05) is 23.7 Å². The Morgan fingerprint density at radius 3 is 2.74 bits per heavy atom. The van der Waals surface area contributed by atoms with Crippen molar-refractivity contribution in [1.82, 2.24) is 10.2 Å². The van der Waals surface area contributed by atoms with Gasteiger partial charge in [-0.05, 0) is 56.1 Å². The minimum atomic E-state index is 0.249. The zero-order valence-electron chi connectivity index (χ0n) is 12.6. The molecule has 0 heterocycles. The van der Waals surface area contributed by atoms with Crippen molar-refractivity contribution < 1.29 is 0 Å². The summed E-state index contributed by atoms with van der Waals surface area (Å²) in [6, 6.07) is 7.23. The van der Waals surface area contributed by atoms with Crippen molar-refractivity contribution in [2.75, 3.05) is 20.6 Å². The predicted octanol–water partition coefficient (Wildman–Crippen LogP) is 3.50. The van der Waals surface area contributed by atoms with Crippen LogP contribution in [0.2, 0.25) is 5.02 Å². The molecule has 0 radical (unpaired) electrons. The summed E-state index contributed by atoms with van der Waals surface area (Å²) in [6.07, 6.45) is 1.12. The second-order valence-electron chi connectivity index (χ2n) is 6.66. The lowest BCUT2D eigenvalue weighted by molar-refractivity contribution is 0.235. The van der Waals surface area contributed by atoms with Gasteiger partial charge in [0.15, 0.2) is 0 Å². The van der Waals surface area contributed by atoms with Crippen LogP contribution in [-0.4, -0.2) is 31.6 Å². The molecule has 1 aromatic rings. The molecule has 0 saturated carbocycles. The summed E-state index contributed by atoms with van der Waals surface area (Å²) < 4.78 is 0. The number of likely N-dealkylation sites (N-methyl/N-ethyl adjacent to an activating group) is 1. The number of nitrogens with zero attached hydrogens (tertiary/aromatic N) is 1. The lowest BCUT2D eigenvalue weighted by Crippen LogP contribution is -2.40. The minimum Gasteiger partial charge on any atom is -0.308 e. The Morgan fingerprint density at radius 2 is 2.11 bits per heavy atom. The van der Waals surface area contributed by atoms with Crippen LogP contribution in [0.15, 0.2) is 18.2 Å². The van der Waals surface area contributed by atoms with Crippen molar-refractivity contribution >= 4 is 11.6 Å². The summed E-state index contributed by atoms with van der Waals surface area (Å²) in [5, 5.41) is 4.57. The molecule has 0 amide bonds. The third-order valence-corrected chi connectivity index (χ3v) is 4.58. The minimum absolute atomic E-state index is 0.249.